The fourth-order valence-corrected chi connectivity index (χ4v) is 3.67. The number of morpholine rings is 1. The second-order valence-electron chi connectivity index (χ2n) is 7.19. The number of hydrogen-bond acceptors (Lipinski definition) is 3. The second kappa shape index (κ2) is 8.00. The number of nitrogens with zero attached hydrogens (tertiary/aromatic N) is 1. The van der Waals surface area contributed by atoms with Crippen LogP contribution in [0.2, 0.25) is 0 Å². The number of amides is 1. The average Bonchev–Trinajstić information content (AvgIpc) is 3.05. The summed E-state index contributed by atoms with van der Waals surface area (Å²) >= 11 is 0. The standard InChI is InChI=1S/C20H27FN2O2/c1-14-12-23(13-15(2)25-14)19-8-7-17(9-18(19)21)11-22-20(24)10-16-5-3-4-6-16/h3,5,7-9,14-16H,4,6,10-13H2,1-2H3,(H,22,24)/t14-,15+,16-/m1/s1. The van der Waals surface area contributed by atoms with Crippen LogP contribution in [0, 0.1) is 11.7 Å². The van der Waals surface area contributed by atoms with Gasteiger partial charge in [-0.2, -0.15) is 0 Å². The summed E-state index contributed by atoms with van der Waals surface area (Å²) in [4.78, 5) is 14.0. The van der Waals surface area contributed by atoms with Crippen molar-refractivity contribution in [2.24, 2.45) is 5.92 Å². The normalized spacial score (nSPS) is 26.0. The molecule has 1 amide bonds. The van der Waals surface area contributed by atoms with Gasteiger partial charge in [-0.3, -0.25) is 4.79 Å². The molecule has 5 heteroatoms. The first-order valence-electron chi connectivity index (χ1n) is 9.13. The highest BCUT2D eigenvalue weighted by atomic mass is 19.1. The Morgan fingerprint density at radius 2 is 2.08 bits per heavy atom. The van der Waals surface area contributed by atoms with Gasteiger partial charge in [0.15, 0.2) is 0 Å². The molecule has 2 aliphatic rings. The maximum atomic E-state index is 14.5. The number of carbonyl (C=O) groups is 1. The molecule has 25 heavy (non-hydrogen) atoms. The van der Waals surface area contributed by atoms with E-state index in [9.17, 15) is 9.18 Å². The Morgan fingerprint density at radius 3 is 2.72 bits per heavy atom. The van der Waals surface area contributed by atoms with Crippen LogP contribution in [0.1, 0.15) is 38.7 Å². The van der Waals surface area contributed by atoms with E-state index in [0.717, 1.165) is 18.4 Å². The summed E-state index contributed by atoms with van der Waals surface area (Å²) in [5, 5.41) is 2.89. The largest absolute Gasteiger partial charge is 0.372 e. The molecule has 1 aromatic rings. The number of halogens is 1. The average molecular weight is 346 g/mol. The lowest BCUT2D eigenvalue weighted by Crippen LogP contribution is -2.45. The van der Waals surface area contributed by atoms with Crippen LogP contribution in [0.3, 0.4) is 0 Å². The first-order chi connectivity index (χ1) is 12.0. The van der Waals surface area contributed by atoms with Gasteiger partial charge in [0.05, 0.1) is 17.9 Å². The van der Waals surface area contributed by atoms with Crippen LogP contribution < -0.4 is 10.2 Å². The van der Waals surface area contributed by atoms with E-state index in [1.165, 1.54) is 6.07 Å². The molecule has 0 bridgehead atoms. The number of rotatable bonds is 5. The minimum absolute atomic E-state index is 0.0249. The molecule has 1 aromatic carbocycles. The number of ether oxygens (including phenoxy) is 1. The van der Waals surface area contributed by atoms with Crippen LogP contribution in [-0.2, 0) is 16.1 Å². The van der Waals surface area contributed by atoms with Crippen molar-refractivity contribution in [3.8, 4) is 0 Å². The van der Waals surface area contributed by atoms with E-state index in [1.807, 2.05) is 24.8 Å². The van der Waals surface area contributed by atoms with Crippen LogP contribution in [0.15, 0.2) is 30.4 Å². The molecule has 1 heterocycles. The molecular weight excluding hydrogens is 319 g/mol. The molecule has 3 rings (SSSR count). The molecule has 0 saturated carbocycles. The highest BCUT2D eigenvalue weighted by molar-refractivity contribution is 5.76. The molecule has 0 spiro atoms. The zero-order valence-corrected chi connectivity index (χ0v) is 15.0. The predicted octanol–water partition coefficient (Wildman–Crippen LogP) is 3.41. The van der Waals surface area contributed by atoms with Gasteiger partial charge in [-0.15, -0.1) is 0 Å². The minimum Gasteiger partial charge on any atom is -0.372 e. The SMILES string of the molecule is C[C@@H]1CN(c2ccc(CNC(=O)C[C@@H]3C=CCC3)cc2F)C[C@H](C)O1. The molecular formula is C20H27FN2O2. The van der Waals surface area contributed by atoms with Crippen molar-refractivity contribution in [2.45, 2.75) is 51.9 Å². The summed E-state index contributed by atoms with van der Waals surface area (Å²) in [5.74, 6) is 0.132. The Labute approximate surface area is 149 Å². The van der Waals surface area contributed by atoms with Gasteiger partial charge in [-0.25, -0.2) is 4.39 Å². The third kappa shape index (κ3) is 4.82. The van der Waals surface area contributed by atoms with E-state index in [2.05, 4.69) is 17.5 Å². The summed E-state index contributed by atoms with van der Waals surface area (Å²) in [7, 11) is 0. The molecule has 0 radical (unpaired) electrons. The lowest BCUT2D eigenvalue weighted by Gasteiger charge is -2.37. The van der Waals surface area contributed by atoms with Crippen molar-refractivity contribution in [3.63, 3.8) is 0 Å². The van der Waals surface area contributed by atoms with Gasteiger partial charge in [-0.1, -0.05) is 18.2 Å². The Hall–Kier alpha value is -1.88. The second-order valence-corrected chi connectivity index (χ2v) is 7.19. The lowest BCUT2D eigenvalue weighted by molar-refractivity contribution is -0.121. The van der Waals surface area contributed by atoms with Crippen molar-refractivity contribution in [2.75, 3.05) is 18.0 Å². The number of allylic oxidation sites excluding steroid dienone is 2. The first-order valence-corrected chi connectivity index (χ1v) is 9.13. The van der Waals surface area contributed by atoms with E-state index < -0.39 is 0 Å². The summed E-state index contributed by atoms with van der Waals surface area (Å²) < 4.78 is 20.2. The van der Waals surface area contributed by atoms with Gasteiger partial charge in [0.2, 0.25) is 5.91 Å². The van der Waals surface area contributed by atoms with Gasteiger partial charge in [-0.05, 0) is 50.3 Å². The van der Waals surface area contributed by atoms with Crippen LogP contribution >= 0.6 is 0 Å². The van der Waals surface area contributed by atoms with Crippen LogP contribution in [0.5, 0.6) is 0 Å². The van der Waals surface area contributed by atoms with Gasteiger partial charge in [0, 0.05) is 26.1 Å². The van der Waals surface area contributed by atoms with E-state index >= 15 is 0 Å². The number of benzene rings is 1. The summed E-state index contributed by atoms with van der Waals surface area (Å²) in [6, 6.07) is 5.22. The molecule has 136 valence electrons. The molecule has 0 aromatic heterocycles. The maximum absolute atomic E-state index is 14.5. The van der Waals surface area contributed by atoms with Crippen molar-refractivity contribution >= 4 is 11.6 Å². The van der Waals surface area contributed by atoms with E-state index in [4.69, 9.17) is 4.74 Å². The molecule has 1 fully saturated rings. The molecule has 4 nitrogen and oxygen atoms in total. The Morgan fingerprint density at radius 1 is 1.32 bits per heavy atom. The van der Waals surface area contributed by atoms with Crippen molar-refractivity contribution in [1.29, 1.82) is 0 Å². The third-order valence-corrected chi connectivity index (χ3v) is 4.82. The molecule has 3 atom stereocenters. The minimum atomic E-state index is -0.244. The molecule has 1 saturated heterocycles. The fraction of sp³-hybridized carbons (Fsp3) is 0.550. The molecule has 1 aliphatic carbocycles. The maximum Gasteiger partial charge on any atom is 0.220 e. The van der Waals surface area contributed by atoms with Gasteiger partial charge < -0.3 is 15.0 Å². The predicted molar refractivity (Wildman–Crippen MR) is 96.9 cm³/mol. The van der Waals surface area contributed by atoms with Crippen molar-refractivity contribution < 1.29 is 13.9 Å². The topological polar surface area (TPSA) is 41.6 Å². The molecule has 0 unspecified atom stereocenters. The monoisotopic (exact) mass is 346 g/mol. The number of anilines is 1. The van der Waals surface area contributed by atoms with Crippen LogP contribution in [0.4, 0.5) is 10.1 Å². The highest BCUT2D eigenvalue weighted by Crippen LogP contribution is 2.25. The summed E-state index contributed by atoms with van der Waals surface area (Å²) in [6.07, 6.45) is 7.04. The first kappa shape index (κ1) is 17.9. The van der Waals surface area contributed by atoms with Crippen molar-refractivity contribution in [3.05, 3.63) is 41.7 Å². The van der Waals surface area contributed by atoms with Crippen LogP contribution in [-0.4, -0.2) is 31.2 Å². The summed E-state index contributed by atoms with van der Waals surface area (Å²) in [5.41, 5.74) is 1.39. The smallest absolute Gasteiger partial charge is 0.220 e. The Kier molecular flexibility index (Phi) is 5.74. The summed E-state index contributed by atoms with van der Waals surface area (Å²) in [6.45, 7) is 5.74. The van der Waals surface area contributed by atoms with E-state index in [-0.39, 0.29) is 23.9 Å². The fourth-order valence-electron chi connectivity index (χ4n) is 3.67. The number of carbonyl (C=O) groups excluding carboxylic acids is 1. The van der Waals surface area contributed by atoms with Gasteiger partial charge >= 0.3 is 0 Å². The van der Waals surface area contributed by atoms with E-state index in [0.29, 0.717) is 37.7 Å². The zero-order chi connectivity index (χ0) is 17.8. The Bertz CT molecular complexity index is 637. The number of nitrogens with one attached hydrogen (secondary N) is 1. The molecule has 1 aliphatic heterocycles. The van der Waals surface area contributed by atoms with E-state index in [1.54, 1.807) is 6.07 Å². The van der Waals surface area contributed by atoms with Crippen LogP contribution in [0.25, 0.3) is 0 Å². The molecule has 1 N–H and O–H groups in total. The number of hydrogen-bond donors (Lipinski definition) is 1. The Balaban J connectivity index is 1.56. The third-order valence-electron chi connectivity index (χ3n) is 4.82. The highest BCUT2D eigenvalue weighted by Gasteiger charge is 2.24. The zero-order valence-electron chi connectivity index (χ0n) is 15.0. The lowest BCUT2D eigenvalue weighted by atomic mass is 10.0. The van der Waals surface area contributed by atoms with Gasteiger partial charge in [0.25, 0.3) is 0 Å². The quantitative estimate of drug-likeness (QED) is 0.831. The van der Waals surface area contributed by atoms with Gasteiger partial charge in [0.1, 0.15) is 5.82 Å². The van der Waals surface area contributed by atoms with Crippen molar-refractivity contribution in [1.82, 2.24) is 5.32 Å².